The van der Waals surface area contributed by atoms with Crippen LogP contribution in [0.1, 0.15) is 20.3 Å². The number of rotatable bonds is 0. The van der Waals surface area contributed by atoms with Crippen molar-refractivity contribution in [2.75, 3.05) is 0 Å². The summed E-state index contributed by atoms with van der Waals surface area (Å²) in [4.78, 5) is 0. The third-order valence-electron chi connectivity index (χ3n) is 0.354. The van der Waals surface area contributed by atoms with Crippen LogP contribution in [-0.4, -0.2) is 23.1 Å². The standard InChI is InChI=1S/C5H8.2BrH.Mg/c1-3-5-4-2;;;/h3H2,1-2H3;2*1H;/q;;;+2/p-2. The van der Waals surface area contributed by atoms with Gasteiger partial charge in [-0.05, 0) is 6.92 Å². The minimum Gasteiger partial charge on any atom is -1.00 e. The monoisotopic (exact) mass is 250 g/mol. The fourth-order valence-electron chi connectivity index (χ4n) is 0.177. The Kier molecular flexibility index (Phi) is 68.3. The largest absolute Gasteiger partial charge is 2.00 e. The Morgan fingerprint density at radius 2 is 1.62 bits per heavy atom. The second-order valence-electron chi connectivity index (χ2n) is 0.780. The summed E-state index contributed by atoms with van der Waals surface area (Å²) in [5, 5.41) is 0. The molecule has 0 nitrogen and oxygen atoms in total. The van der Waals surface area contributed by atoms with Crippen LogP contribution in [0.5, 0.6) is 0 Å². The average molecular weight is 252 g/mol. The van der Waals surface area contributed by atoms with E-state index < -0.39 is 0 Å². The van der Waals surface area contributed by atoms with Crippen LogP contribution in [-0.2, 0) is 0 Å². The molecule has 0 aliphatic carbocycles. The zero-order valence-electron chi connectivity index (χ0n) is 5.17. The number of halogens is 2. The zero-order chi connectivity index (χ0) is 4.12. The summed E-state index contributed by atoms with van der Waals surface area (Å²) in [5.41, 5.74) is 0. The third-order valence-corrected chi connectivity index (χ3v) is 0.354. The fraction of sp³-hybridized carbons (Fsp3) is 0.600. The quantitative estimate of drug-likeness (QED) is 0.299. The van der Waals surface area contributed by atoms with Crippen LogP contribution < -0.4 is 34.0 Å². The molecule has 0 saturated carbocycles. The first-order chi connectivity index (χ1) is 2.41. The van der Waals surface area contributed by atoms with Gasteiger partial charge in [0, 0.05) is 6.42 Å². The SMILES string of the molecule is CC#CCC.[Br-].[Br-].[Mg+2]. The van der Waals surface area contributed by atoms with Crippen molar-refractivity contribution in [3.8, 4) is 11.8 Å². The molecule has 8 heavy (non-hydrogen) atoms. The molecular formula is C5H8Br2Mg. The van der Waals surface area contributed by atoms with Gasteiger partial charge in [0.2, 0.25) is 0 Å². The van der Waals surface area contributed by atoms with E-state index in [1.807, 2.05) is 13.8 Å². The minimum absolute atomic E-state index is 0. The van der Waals surface area contributed by atoms with Gasteiger partial charge >= 0.3 is 23.1 Å². The van der Waals surface area contributed by atoms with Crippen molar-refractivity contribution in [2.45, 2.75) is 20.3 Å². The summed E-state index contributed by atoms with van der Waals surface area (Å²) in [6.45, 7) is 3.89. The van der Waals surface area contributed by atoms with E-state index in [4.69, 9.17) is 0 Å². The van der Waals surface area contributed by atoms with Gasteiger partial charge in [0.15, 0.2) is 0 Å². The first-order valence-corrected chi connectivity index (χ1v) is 1.81. The van der Waals surface area contributed by atoms with Crippen molar-refractivity contribution in [1.82, 2.24) is 0 Å². The molecule has 0 spiro atoms. The molecule has 0 bridgehead atoms. The number of hydrogen-bond donors (Lipinski definition) is 0. The van der Waals surface area contributed by atoms with Crippen LogP contribution in [0.3, 0.4) is 0 Å². The molecule has 3 heteroatoms. The van der Waals surface area contributed by atoms with Crippen LogP contribution in [0.2, 0.25) is 0 Å². The van der Waals surface area contributed by atoms with Crippen molar-refractivity contribution in [3.63, 3.8) is 0 Å². The first-order valence-electron chi connectivity index (χ1n) is 1.81. The van der Waals surface area contributed by atoms with Crippen molar-refractivity contribution in [1.29, 1.82) is 0 Å². The van der Waals surface area contributed by atoms with E-state index in [2.05, 4.69) is 11.8 Å². The maximum atomic E-state index is 2.86. The van der Waals surface area contributed by atoms with Gasteiger partial charge in [0.05, 0.1) is 0 Å². The summed E-state index contributed by atoms with van der Waals surface area (Å²) in [6, 6.07) is 0. The summed E-state index contributed by atoms with van der Waals surface area (Å²) in [6.07, 6.45) is 0.983. The molecule has 0 aromatic rings. The summed E-state index contributed by atoms with van der Waals surface area (Å²) >= 11 is 0. The van der Waals surface area contributed by atoms with Crippen molar-refractivity contribution in [2.24, 2.45) is 0 Å². The molecule has 44 valence electrons. The van der Waals surface area contributed by atoms with Crippen LogP contribution in [0.25, 0.3) is 0 Å². The van der Waals surface area contributed by atoms with Crippen molar-refractivity contribution < 1.29 is 34.0 Å². The molecule has 0 aliphatic rings. The topological polar surface area (TPSA) is 0 Å². The first kappa shape index (κ1) is 22.8. The Bertz CT molecular complexity index is 62.6. The van der Waals surface area contributed by atoms with Gasteiger partial charge in [-0.1, -0.05) is 6.92 Å². The molecule has 0 saturated heterocycles. The fourth-order valence-corrected chi connectivity index (χ4v) is 0.177. The van der Waals surface area contributed by atoms with Gasteiger partial charge in [-0.2, -0.15) is 0 Å². The van der Waals surface area contributed by atoms with Gasteiger partial charge in [0.25, 0.3) is 0 Å². The Morgan fingerprint density at radius 1 is 1.25 bits per heavy atom. The van der Waals surface area contributed by atoms with E-state index in [1.165, 1.54) is 0 Å². The molecule has 0 aliphatic heterocycles. The van der Waals surface area contributed by atoms with Crippen LogP contribution in [0.15, 0.2) is 0 Å². The van der Waals surface area contributed by atoms with E-state index in [9.17, 15) is 0 Å². The number of hydrogen-bond acceptors (Lipinski definition) is 0. The maximum Gasteiger partial charge on any atom is 2.00 e. The van der Waals surface area contributed by atoms with Crippen LogP contribution >= 0.6 is 0 Å². The molecule has 0 aromatic heterocycles. The maximum absolute atomic E-state index is 2.86. The van der Waals surface area contributed by atoms with Crippen molar-refractivity contribution >= 4 is 23.1 Å². The third kappa shape index (κ3) is 26.7. The van der Waals surface area contributed by atoms with Crippen LogP contribution in [0.4, 0.5) is 0 Å². The molecule has 0 aromatic carbocycles. The second kappa shape index (κ2) is 23.9. The normalized spacial score (nSPS) is 3.25. The molecule has 0 rings (SSSR count). The van der Waals surface area contributed by atoms with Gasteiger partial charge < -0.3 is 34.0 Å². The predicted molar refractivity (Wildman–Crippen MR) is 29.5 cm³/mol. The van der Waals surface area contributed by atoms with Gasteiger partial charge in [-0.3, -0.25) is 0 Å². The predicted octanol–water partition coefficient (Wildman–Crippen LogP) is -4.95. The van der Waals surface area contributed by atoms with Crippen LogP contribution in [0, 0.1) is 11.8 Å². The van der Waals surface area contributed by atoms with E-state index in [0.717, 1.165) is 6.42 Å². The van der Waals surface area contributed by atoms with Gasteiger partial charge in [-0.15, -0.1) is 11.8 Å². The average Bonchev–Trinajstić information content (AvgIpc) is 1.41. The Labute approximate surface area is 88.5 Å². The molecule has 0 heterocycles. The van der Waals surface area contributed by atoms with E-state index in [1.54, 1.807) is 0 Å². The second-order valence-corrected chi connectivity index (χ2v) is 0.780. The Hall–Kier alpha value is 1.29. The van der Waals surface area contributed by atoms with Crippen molar-refractivity contribution in [3.05, 3.63) is 0 Å². The Balaban J connectivity index is -0.0000000267. The van der Waals surface area contributed by atoms with E-state index >= 15 is 0 Å². The van der Waals surface area contributed by atoms with Gasteiger partial charge in [-0.25, -0.2) is 0 Å². The van der Waals surface area contributed by atoms with E-state index in [0.29, 0.717) is 0 Å². The minimum atomic E-state index is 0. The Morgan fingerprint density at radius 3 is 1.62 bits per heavy atom. The molecule has 0 fully saturated rings. The summed E-state index contributed by atoms with van der Waals surface area (Å²) in [7, 11) is 0. The molecule has 0 N–H and O–H groups in total. The molecule has 0 atom stereocenters. The molecule has 0 unspecified atom stereocenters. The molecule has 0 radical (unpaired) electrons. The van der Waals surface area contributed by atoms with Gasteiger partial charge in [0.1, 0.15) is 0 Å². The molecular weight excluding hydrogens is 244 g/mol. The van der Waals surface area contributed by atoms with E-state index in [-0.39, 0.29) is 57.0 Å². The smallest absolute Gasteiger partial charge is 1.00 e. The molecule has 0 amide bonds. The zero-order valence-corrected chi connectivity index (χ0v) is 9.76. The summed E-state index contributed by atoms with van der Waals surface area (Å²) < 4.78 is 0. The summed E-state index contributed by atoms with van der Waals surface area (Å²) in [5.74, 6) is 5.63.